The number of esters is 1. The van der Waals surface area contributed by atoms with Crippen molar-refractivity contribution in [3.05, 3.63) is 32.6 Å². The summed E-state index contributed by atoms with van der Waals surface area (Å²) in [6, 6.07) is 0. The lowest BCUT2D eigenvalue weighted by molar-refractivity contribution is -0.139. The number of rotatable bonds is 7. The zero-order valence-electron chi connectivity index (χ0n) is 14.2. The van der Waals surface area contributed by atoms with Crippen LogP contribution in [0.1, 0.15) is 11.8 Å². The van der Waals surface area contributed by atoms with Crippen LogP contribution in [0.25, 0.3) is 0 Å². The van der Waals surface area contributed by atoms with Gasteiger partial charge in [0.15, 0.2) is 6.23 Å². The zero-order chi connectivity index (χ0) is 20.4. The normalized spacial score (nSPS) is 25.5. The number of aromatic nitrogens is 2. The fourth-order valence-electron chi connectivity index (χ4n) is 2.56. The van der Waals surface area contributed by atoms with Crippen molar-refractivity contribution in [2.24, 2.45) is 0 Å². The molecular formula is C13H17Cl2N2O9P. The minimum Gasteiger partial charge on any atom is -0.469 e. The smallest absolute Gasteiger partial charge is 0.380 e. The third-order valence-corrected chi connectivity index (χ3v) is 4.89. The first kappa shape index (κ1) is 22.1. The molecule has 0 radical (unpaired) electrons. The molecule has 0 amide bonds. The van der Waals surface area contributed by atoms with E-state index in [4.69, 9.17) is 36.5 Å². The number of nitrogens with one attached hydrogen (secondary N) is 1. The van der Waals surface area contributed by atoms with Gasteiger partial charge in [-0.25, -0.2) is 4.79 Å². The lowest BCUT2D eigenvalue weighted by Crippen LogP contribution is -2.40. The Hall–Kier alpha value is -1.20. The van der Waals surface area contributed by atoms with Gasteiger partial charge in [-0.1, -0.05) is 0 Å². The van der Waals surface area contributed by atoms with Crippen LogP contribution in [0.15, 0.2) is 15.8 Å². The number of nitrogens with zero attached hydrogens (tertiary/aromatic N) is 1. The van der Waals surface area contributed by atoms with Crippen LogP contribution in [0.4, 0.5) is 0 Å². The molecule has 2 rings (SSSR count). The molecule has 1 aliphatic heterocycles. The molecule has 0 saturated carbocycles. The molecule has 0 bridgehead atoms. The van der Waals surface area contributed by atoms with E-state index in [9.17, 15) is 24.1 Å². The molecule has 11 nitrogen and oxygen atoms in total. The Morgan fingerprint density at radius 1 is 1.41 bits per heavy atom. The summed E-state index contributed by atoms with van der Waals surface area (Å²) >= 11 is 10.6. The molecule has 0 aliphatic carbocycles. The lowest BCUT2D eigenvalue weighted by atomic mass is 10.1. The number of hydrogen-bond acceptors (Lipinski definition) is 9. The van der Waals surface area contributed by atoms with Gasteiger partial charge in [0.1, 0.15) is 18.3 Å². The number of carbonyl (C=O) groups excluding carboxylic acids is 1. The van der Waals surface area contributed by atoms with E-state index in [1.807, 2.05) is 0 Å². The van der Waals surface area contributed by atoms with E-state index >= 15 is 0 Å². The second kappa shape index (κ2) is 8.87. The van der Waals surface area contributed by atoms with E-state index in [2.05, 4.69) is 9.72 Å². The van der Waals surface area contributed by atoms with Crippen molar-refractivity contribution >= 4 is 34.5 Å². The molecule has 1 aliphatic rings. The number of ether oxygens (including phenoxy) is 3. The number of aliphatic hydroxyl groups excluding tert-OH is 1. The second-order valence-corrected chi connectivity index (χ2v) is 9.82. The van der Waals surface area contributed by atoms with Gasteiger partial charge in [-0.05, 0) is 22.5 Å². The van der Waals surface area contributed by atoms with Crippen molar-refractivity contribution in [1.82, 2.24) is 9.55 Å². The third kappa shape index (κ3) is 5.41. The number of methoxy groups -OCH3 is 2. The highest BCUT2D eigenvalue weighted by Crippen LogP contribution is 2.57. The molecule has 2 N–H and O–H groups in total. The van der Waals surface area contributed by atoms with Crippen LogP contribution < -0.4 is 11.2 Å². The summed E-state index contributed by atoms with van der Waals surface area (Å²) in [5.74, 6) is -0.687. The van der Waals surface area contributed by atoms with Crippen LogP contribution in [-0.4, -0.2) is 59.8 Å². The summed E-state index contributed by atoms with van der Waals surface area (Å²) in [5, 5.41) is 10.3. The fraction of sp³-hybridized carbons (Fsp3) is 0.615. The van der Waals surface area contributed by atoms with Gasteiger partial charge in [0, 0.05) is 18.9 Å². The fourth-order valence-corrected chi connectivity index (χ4v) is 3.22. The highest BCUT2D eigenvalue weighted by Gasteiger charge is 2.46. The number of H-pyrrole nitrogens is 1. The molecule has 152 valence electrons. The lowest BCUT2D eigenvalue weighted by Gasteiger charge is -2.20. The summed E-state index contributed by atoms with van der Waals surface area (Å²) in [4.78, 5) is 37.5. The van der Waals surface area contributed by atoms with Crippen molar-refractivity contribution in [3.8, 4) is 0 Å². The van der Waals surface area contributed by atoms with Crippen LogP contribution in [0.2, 0.25) is 0 Å². The van der Waals surface area contributed by atoms with Crippen LogP contribution in [-0.2, 0) is 34.5 Å². The van der Waals surface area contributed by atoms with Gasteiger partial charge < -0.3 is 23.8 Å². The van der Waals surface area contributed by atoms with Gasteiger partial charge >= 0.3 is 17.7 Å². The van der Waals surface area contributed by atoms with Crippen molar-refractivity contribution < 1.29 is 33.2 Å². The minimum absolute atomic E-state index is 0.0555. The Bertz CT molecular complexity index is 851. The molecule has 1 aromatic heterocycles. The molecule has 0 spiro atoms. The molecule has 1 saturated heterocycles. The van der Waals surface area contributed by atoms with Gasteiger partial charge in [-0.2, -0.15) is 0 Å². The Kier molecular flexibility index (Phi) is 7.26. The van der Waals surface area contributed by atoms with Crippen molar-refractivity contribution in [3.63, 3.8) is 0 Å². The monoisotopic (exact) mass is 446 g/mol. The quantitative estimate of drug-likeness (QED) is 0.440. The Balaban J connectivity index is 2.33. The Labute approximate surface area is 162 Å². The molecule has 4 atom stereocenters. The predicted octanol–water partition coefficient (Wildman–Crippen LogP) is 0.128. The maximum absolute atomic E-state index is 12.2. The van der Waals surface area contributed by atoms with E-state index in [0.717, 1.165) is 17.9 Å². The second-order valence-electron chi connectivity index (χ2n) is 5.54. The minimum atomic E-state index is -3.86. The highest BCUT2D eigenvalue weighted by molar-refractivity contribution is 8.05. The van der Waals surface area contributed by atoms with Crippen LogP contribution in [0.5, 0.6) is 0 Å². The molecule has 0 aromatic carbocycles. The van der Waals surface area contributed by atoms with Crippen LogP contribution >= 0.6 is 28.6 Å². The molecule has 14 heteroatoms. The average Bonchev–Trinajstić information content (AvgIpc) is 2.90. The molecule has 1 fully saturated rings. The first-order chi connectivity index (χ1) is 12.6. The number of aliphatic hydroxyl groups is 1. The highest BCUT2D eigenvalue weighted by atomic mass is 35.9. The molecule has 27 heavy (non-hydrogen) atoms. The van der Waals surface area contributed by atoms with Crippen molar-refractivity contribution in [2.45, 2.75) is 31.0 Å². The number of halogens is 2. The molecular weight excluding hydrogens is 430 g/mol. The summed E-state index contributed by atoms with van der Waals surface area (Å²) in [5.41, 5.74) is -1.67. The molecule has 2 unspecified atom stereocenters. The number of carbonyl (C=O) groups is 1. The predicted molar refractivity (Wildman–Crippen MR) is 93.0 cm³/mol. The van der Waals surface area contributed by atoms with Gasteiger partial charge in [-0.3, -0.25) is 23.7 Å². The first-order valence-corrected chi connectivity index (χ1v) is 10.9. The molecule has 1 aromatic rings. The van der Waals surface area contributed by atoms with Crippen molar-refractivity contribution in [1.29, 1.82) is 0 Å². The van der Waals surface area contributed by atoms with Crippen LogP contribution in [0, 0.1) is 0 Å². The van der Waals surface area contributed by atoms with E-state index in [0.29, 0.717) is 0 Å². The van der Waals surface area contributed by atoms with Gasteiger partial charge in [0.05, 0.1) is 20.1 Å². The first-order valence-electron chi connectivity index (χ1n) is 7.48. The van der Waals surface area contributed by atoms with Crippen molar-refractivity contribution in [2.75, 3.05) is 20.8 Å². The largest absolute Gasteiger partial charge is 0.469 e. The standard InChI is InChI=1S/C13H17Cl2N2O9P/c1-23-8(18)3-6-4-17(13(21)16-11(6)20)12-10(24-2)9(19)7(26-12)5-25-27(14,15)22/h4,7,9-10,12,19H,3,5H2,1-2H3,(H,16,20,21)/t7-,9?,10?,12-/m1/s1. The summed E-state index contributed by atoms with van der Waals surface area (Å²) in [6.45, 7) is -0.436. The average molecular weight is 447 g/mol. The summed E-state index contributed by atoms with van der Waals surface area (Å²) in [7, 11) is 2.43. The van der Waals surface area contributed by atoms with E-state index in [-0.39, 0.29) is 12.0 Å². The van der Waals surface area contributed by atoms with E-state index < -0.39 is 54.4 Å². The van der Waals surface area contributed by atoms with E-state index in [1.165, 1.54) is 7.11 Å². The van der Waals surface area contributed by atoms with E-state index in [1.54, 1.807) is 0 Å². The summed E-state index contributed by atoms with van der Waals surface area (Å²) < 4.78 is 32.2. The zero-order valence-corrected chi connectivity index (χ0v) is 16.6. The Morgan fingerprint density at radius 2 is 2.07 bits per heavy atom. The summed E-state index contributed by atoms with van der Waals surface area (Å²) in [6.07, 6.45) is -7.72. The number of aromatic amines is 1. The maximum atomic E-state index is 12.2. The third-order valence-electron chi connectivity index (χ3n) is 3.85. The van der Waals surface area contributed by atoms with Gasteiger partial charge in [0.2, 0.25) is 0 Å². The Morgan fingerprint density at radius 3 is 2.63 bits per heavy atom. The molecule has 2 heterocycles. The SMILES string of the molecule is COC(=O)Cc1cn([C@@H]2O[C@H](COP(=O)(Cl)Cl)C(O)C2OC)c(=O)[nH]c1=O. The van der Waals surface area contributed by atoms with Gasteiger partial charge in [0.25, 0.3) is 5.56 Å². The van der Waals surface area contributed by atoms with Gasteiger partial charge in [-0.15, -0.1) is 0 Å². The number of hydrogen-bond donors (Lipinski definition) is 2. The van der Waals surface area contributed by atoms with Crippen LogP contribution in [0.3, 0.4) is 0 Å². The topological polar surface area (TPSA) is 146 Å². The maximum Gasteiger partial charge on any atom is 0.380 e.